The number of carbonyl (C=O) groups is 1. The van der Waals surface area contributed by atoms with Crippen molar-refractivity contribution in [3.63, 3.8) is 0 Å². The summed E-state index contributed by atoms with van der Waals surface area (Å²) in [6.45, 7) is 1.90. The molecule has 0 spiro atoms. The summed E-state index contributed by atoms with van der Waals surface area (Å²) in [5.41, 5.74) is 3.56. The van der Waals surface area contributed by atoms with Crippen molar-refractivity contribution in [1.82, 2.24) is 14.8 Å². The third kappa shape index (κ3) is 3.56. The monoisotopic (exact) mass is 422 g/mol. The number of hydrogen-bond acceptors (Lipinski definition) is 5. The molecule has 0 saturated carbocycles. The highest BCUT2D eigenvalue weighted by molar-refractivity contribution is 6.02. The predicted molar refractivity (Wildman–Crippen MR) is 124 cm³/mol. The number of nitrogens with zero attached hydrogens (tertiary/aromatic N) is 3. The van der Waals surface area contributed by atoms with E-state index in [0.29, 0.717) is 27.9 Å². The van der Waals surface area contributed by atoms with Crippen molar-refractivity contribution in [2.24, 2.45) is 0 Å². The maximum Gasteiger partial charge on any atom is 0.248 e. The summed E-state index contributed by atoms with van der Waals surface area (Å²) in [5.74, 6) is -0.383. The highest BCUT2D eigenvalue weighted by Crippen LogP contribution is 2.23. The van der Waals surface area contributed by atoms with Crippen LogP contribution < -0.4 is 10.7 Å². The van der Waals surface area contributed by atoms with Gasteiger partial charge in [-0.15, -0.1) is 0 Å². The van der Waals surface area contributed by atoms with Crippen LogP contribution in [0.5, 0.6) is 0 Å². The lowest BCUT2D eigenvalue weighted by Crippen LogP contribution is -2.09. The van der Waals surface area contributed by atoms with Gasteiger partial charge in [-0.3, -0.25) is 9.59 Å². The standard InChI is InChI=1S/C25H18N4O3/c1-16-21-13-18(14-26-25(21)29(28-16)19-7-3-2-4-8-19)27-23(30)12-11-17-15-32-22-10-6-5-9-20(22)24(17)31/h2-15H,1H3,(H,27,30)/b12-11+. The van der Waals surface area contributed by atoms with Crippen LogP contribution >= 0.6 is 0 Å². The van der Waals surface area contributed by atoms with Crippen LogP contribution in [-0.2, 0) is 4.79 Å². The number of benzene rings is 2. The van der Waals surface area contributed by atoms with Crippen molar-refractivity contribution in [3.8, 4) is 5.69 Å². The molecule has 3 heterocycles. The topological polar surface area (TPSA) is 90.0 Å². The van der Waals surface area contributed by atoms with Crippen LogP contribution in [0.2, 0.25) is 0 Å². The molecule has 32 heavy (non-hydrogen) atoms. The lowest BCUT2D eigenvalue weighted by atomic mass is 10.1. The maximum absolute atomic E-state index is 12.5. The minimum atomic E-state index is -0.383. The molecule has 2 aromatic carbocycles. The van der Waals surface area contributed by atoms with Crippen LogP contribution in [0.25, 0.3) is 33.8 Å². The first-order valence-electron chi connectivity index (χ1n) is 10.0. The third-order valence-corrected chi connectivity index (χ3v) is 5.10. The van der Waals surface area contributed by atoms with E-state index >= 15 is 0 Å². The minimum Gasteiger partial charge on any atom is -0.463 e. The molecule has 0 aliphatic rings. The van der Waals surface area contributed by atoms with Gasteiger partial charge in [0, 0.05) is 11.5 Å². The Labute approximate surface area is 182 Å². The predicted octanol–water partition coefficient (Wildman–Crippen LogP) is 4.49. The first-order valence-corrected chi connectivity index (χ1v) is 10.0. The number of fused-ring (bicyclic) bond motifs is 2. The molecule has 0 bridgehead atoms. The van der Waals surface area contributed by atoms with Crippen molar-refractivity contribution in [3.05, 3.63) is 101 Å². The molecule has 0 aliphatic heterocycles. The summed E-state index contributed by atoms with van der Waals surface area (Å²) in [6, 6.07) is 18.5. The summed E-state index contributed by atoms with van der Waals surface area (Å²) < 4.78 is 7.25. The number of amides is 1. The van der Waals surface area contributed by atoms with Crippen LogP contribution in [0.15, 0.2) is 88.4 Å². The molecule has 0 fully saturated rings. The number of nitrogens with one attached hydrogen (secondary N) is 1. The molecule has 0 saturated heterocycles. The average molecular weight is 422 g/mol. The molecule has 0 aliphatic carbocycles. The molecule has 0 radical (unpaired) electrons. The first kappa shape index (κ1) is 19.4. The number of aryl methyl sites for hydroxylation is 1. The number of aromatic nitrogens is 3. The number of para-hydroxylation sites is 2. The zero-order valence-corrected chi connectivity index (χ0v) is 17.1. The van der Waals surface area contributed by atoms with E-state index < -0.39 is 0 Å². The van der Waals surface area contributed by atoms with Crippen LogP contribution in [-0.4, -0.2) is 20.7 Å². The Morgan fingerprint density at radius 3 is 2.69 bits per heavy atom. The van der Waals surface area contributed by atoms with Crippen molar-refractivity contribution in [2.45, 2.75) is 6.92 Å². The molecular formula is C25H18N4O3. The molecule has 0 atom stereocenters. The van der Waals surface area contributed by atoms with Gasteiger partial charge in [-0.2, -0.15) is 5.10 Å². The molecule has 7 heteroatoms. The molecule has 1 amide bonds. The van der Waals surface area contributed by atoms with Gasteiger partial charge < -0.3 is 9.73 Å². The molecule has 0 unspecified atom stereocenters. The number of rotatable bonds is 4. The average Bonchev–Trinajstić information content (AvgIpc) is 3.15. The Kier molecular flexibility index (Phi) is 4.84. The summed E-state index contributed by atoms with van der Waals surface area (Å²) >= 11 is 0. The Morgan fingerprint density at radius 2 is 1.84 bits per heavy atom. The zero-order valence-electron chi connectivity index (χ0n) is 17.1. The molecular weight excluding hydrogens is 404 g/mol. The van der Waals surface area contributed by atoms with E-state index in [1.54, 1.807) is 35.1 Å². The van der Waals surface area contributed by atoms with E-state index in [4.69, 9.17) is 4.42 Å². The van der Waals surface area contributed by atoms with Crippen LogP contribution in [0, 0.1) is 6.92 Å². The minimum absolute atomic E-state index is 0.192. The van der Waals surface area contributed by atoms with Gasteiger partial charge in [0.25, 0.3) is 0 Å². The molecule has 5 rings (SSSR count). The highest BCUT2D eigenvalue weighted by Gasteiger charge is 2.12. The van der Waals surface area contributed by atoms with Crippen LogP contribution in [0.4, 0.5) is 5.69 Å². The number of anilines is 1. The summed E-state index contributed by atoms with van der Waals surface area (Å²) in [5, 5.41) is 8.66. The Hall–Kier alpha value is -4.52. The molecule has 5 aromatic rings. The summed E-state index contributed by atoms with van der Waals surface area (Å²) in [6.07, 6.45) is 5.67. The van der Waals surface area contributed by atoms with Gasteiger partial charge in [0.15, 0.2) is 11.1 Å². The van der Waals surface area contributed by atoms with Crippen LogP contribution in [0.3, 0.4) is 0 Å². The van der Waals surface area contributed by atoms with Gasteiger partial charge >= 0.3 is 0 Å². The Balaban J connectivity index is 1.39. The number of carbonyl (C=O) groups excluding carboxylic acids is 1. The SMILES string of the molecule is Cc1nn(-c2ccccc2)c2ncc(NC(=O)/C=C/c3coc4ccccc4c3=O)cc12. The molecule has 156 valence electrons. The fourth-order valence-electron chi connectivity index (χ4n) is 3.52. The Morgan fingerprint density at radius 1 is 1.06 bits per heavy atom. The van der Waals surface area contributed by atoms with Crippen molar-refractivity contribution in [2.75, 3.05) is 5.32 Å². The van der Waals surface area contributed by atoms with Gasteiger partial charge in [-0.25, -0.2) is 9.67 Å². The van der Waals surface area contributed by atoms with E-state index in [0.717, 1.165) is 16.8 Å². The van der Waals surface area contributed by atoms with Gasteiger partial charge in [0.05, 0.1) is 34.2 Å². The van der Waals surface area contributed by atoms with Gasteiger partial charge in [-0.05, 0) is 43.3 Å². The molecule has 3 aromatic heterocycles. The van der Waals surface area contributed by atoms with Crippen molar-refractivity contribution in [1.29, 1.82) is 0 Å². The van der Waals surface area contributed by atoms with Gasteiger partial charge in [0.1, 0.15) is 11.8 Å². The van der Waals surface area contributed by atoms with E-state index in [1.165, 1.54) is 18.4 Å². The highest BCUT2D eigenvalue weighted by atomic mass is 16.3. The Bertz CT molecular complexity index is 1550. The maximum atomic E-state index is 12.5. The third-order valence-electron chi connectivity index (χ3n) is 5.10. The molecule has 7 nitrogen and oxygen atoms in total. The zero-order chi connectivity index (χ0) is 22.1. The fourth-order valence-corrected chi connectivity index (χ4v) is 3.52. The largest absolute Gasteiger partial charge is 0.463 e. The smallest absolute Gasteiger partial charge is 0.248 e. The quantitative estimate of drug-likeness (QED) is 0.431. The number of hydrogen-bond donors (Lipinski definition) is 1. The van der Waals surface area contributed by atoms with Crippen LogP contribution in [0.1, 0.15) is 11.3 Å². The second-order valence-corrected chi connectivity index (χ2v) is 7.27. The van der Waals surface area contributed by atoms with Gasteiger partial charge in [-0.1, -0.05) is 30.3 Å². The van der Waals surface area contributed by atoms with E-state index in [2.05, 4.69) is 15.4 Å². The normalized spacial score (nSPS) is 11.4. The fraction of sp³-hybridized carbons (Fsp3) is 0.0400. The van der Waals surface area contributed by atoms with E-state index in [9.17, 15) is 9.59 Å². The summed E-state index contributed by atoms with van der Waals surface area (Å²) in [4.78, 5) is 29.5. The van der Waals surface area contributed by atoms with Gasteiger partial charge in [0.2, 0.25) is 5.91 Å². The van der Waals surface area contributed by atoms with Crippen molar-refractivity contribution < 1.29 is 9.21 Å². The molecule has 1 N–H and O–H groups in total. The van der Waals surface area contributed by atoms with Crippen molar-refractivity contribution >= 4 is 39.7 Å². The lowest BCUT2D eigenvalue weighted by molar-refractivity contribution is -0.111. The lowest BCUT2D eigenvalue weighted by Gasteiger charge is -2.04. The van der Waals surface area contributed by atoms with E-state index in [1.807, 2.05) is 43.3 Å². The second-order valence-electron chi connectivity index (χ2n) is 7.27. The van der Waals surface area contributed by atoms with E-state index in [-0.39, 0.29) is 11.3 Å². The number of pyridine rings is 1. The second kappa shape index (κ2) is 7.96. The first-order chi connectivity index (χ1) is 15.6. The summed E-state index contributed by atoms with van der Waals surface area (Å²) in [7, 11) is 0.